The van der Waals surface area contributed by atoms with Crippen LogP contribution in [0.1, 0.15) is 67.1 Å². The van der Waals surface area contributed by atoms with Gasteiger partial charge in [-0.3, -0.25) is 9.59 Å². The molecule has 3 N–H and O–H groups in total. The van der Waals surface area contributed by atoms with Crippen LogP contribution in [-0.4, -0.2) is 52.4 Å². The van der Waals surface area contributed by atoms with E-state index in [0.29, 0.717) is 28.2 Å². The Morgan fingerprint density at radius 3 is 2.63 bits per heavy atom. The normalized spacial score (nSPS) is 17.5. The van der Waals surface area contributed by atoms with E-state index in [1.165, 1.54) is 25.3 Å². The van der Waals surface area contributed by atoms with Crippen molar-refractivity contribution in [2.24, 2.45) is 5.92 Å². The number of piperidine rings is 1. The second-order valence-corrected chi connectivity index (χ2v) is 12.3. The van der Waals surface area contributed by atoms with E-state index >= 15 is 0 Å². The molecular weight excluding hydrogens is 593 g/mol. The smallest absolute Gasteiger partial charge is 0.384 e. The first-order valence-electron chi connectivity index (χ1n) is 16.0. The Kier molecular flexibility index (Phi) is 9.04. The first-order chi connectivity index (χ1) is 22.1. The summed E-state index contributed by atoms with van der Waals surface area (Å²) in [5, 5.41) is 9.39. The number of likely N-dealkylation sites (tertiary alicyclic amines) is 1. The van der Waals surface area contributed by atoms with Crippen molar-refractivity contribution in [3.63, 3.8) is 0 Å². The van der Waals surface area contributed by atoms with Crippen molar-refractivity contribution < 1.29 is 22.8 Å². The van der Waals surface area contributed by atoms with Crippen LogP contribution in [0, 0.1) is 5.92 Å². The number of carbonyl (C=O) groups excluding carboxylic acids is 2. The highest BCUT2D eigenvalue weighted by Crippen LogP contribution is 2.40. The number of amides is 2. The molecule has 0 spiro atoms. The third-order valence-electron chi connectivity index (χ3n) is 9.11. The summed E-state index contributed by atoms with van der Waals surface area (Å²) in [4.78, 5) is 34.3. The van der Waals surface area contributed by atoms with Crippen LogP contribution >= 0.6 is 0 Å². The molecular formula is C35H39F3N6O2. The first-order valence-corrected chi connectivity index (χ1v) is 16.0. The van der Waals surface area contributed by atoms with Crippen molar-refractivity contribution in [3.8, 4) is 11.4 Å². The minimum Gasteiger partial charge on any atom is -0.384 e. The number of alkyl halides is 3. The zero-order valence-electron chi connectivity index (χ0n) is 26.1. The third kappa shape index (κ3) is 6.60. The van der Waals surface area contributed by atoms with Gasteiger partial charge < -0.3 is 25.4 Å². The topological polar surface area (TPSA) is 91.3 Å². The van der Waals surface area contributed by atoms with Crippen LogP contribution in [0.2, 0.25) is 0 Å². The molecule has 4 aromatic rings. The van der Waals surface area contributed by atoms with E-state index in [1.807, 2.05) is 36.6 Å². The molecule has 11 heteroatoms. The second-order valence-electron chi connectivity index (χ2n) is 12.3. The van der Waals surface area contributed by atoms with Gasteiger partial charge in [0.25, 0.3) is 5.91 Å². The zero-order chi connectivity index (χ0) is 32.4. The first kappa shape index (κ1) is 31.6. The molecule has 1 fully saturated rings. The molecule has 1 aromatic heterocycles. The molecule has 3 aromatic carbocycles. The Labute approximate surface area is 266 Å². The lowest BCUT2D eigenvalue weighted by atomic mass is 9.97. The van der Waals surface area contributed by atoms with Gasteiger partial charge in [0.1, 0.15) is 11.9 Å². The largest absolute Gasteiger partial charge is 0.416 e. The fourth-order valence-corrected chi connectivity index (χ4v) is 6.40. The molecule has 1 saturated heterocycles. The summed E-state index contributed by atoms with van der Waals surface area (Å²) < 4.78 is 41.4. The molecule has 0 radical (unpaired) electrons. The number of nitrogens with one attached hydrogen (secondary N) is 3. The summed E-state index contributed by atoms with van der Waals surface area (Å²) in [6.45, 7) is 8.05. The van der Waals surface area contributed by atoms with Gasteiger partial charge in [0.2, 0.25) is 5.91 Å². The van der Waals surface area contributed by atoms with E-state index in [2.05, 4.69) is 20.9 Å². The number of hydrogen-bond donors (Lipinski definition) is 3. The van der Waals surface area contributed by atoms with Crippen molar-refractivity contribution in [2.75, 3.05) is 36.8 Å². The van der Waals surface area contributed by atoms with Crippen LogP contribution in [0.4, 0.5) is 24.5 Å². The van der Waals surface area contributed by atoms with Crippen LogP contribution in [0.15, 0.2) is 60.7 Å². The van der Waals surface area contributed by atoms with Gasteiger partial charge in [-0.2, -0.15) is 13.2 Å². The molecule has 2 aliphatic rings. The fourth-order valence-electron chi connectivity index (χ4n) is 6.40. The molecule has 1 unspecified atom stereocenters. The zero-order valence-corrected chi connectivity index (χ0v) is 26.1. The van der Waals surface area contributed by atoms with E-state index in [4.69, 9.17) is 4.98 Å². The highest BCUT2D eigenvalue weighted by atomic mass is 19.4. The number of fused-ring (bicyclic) bond motifs is 5. The van der Waals surface area contributed by atoms with E-state index in [1.54, 1.807) is 24.3 Å². The Hall–Kier alpha value is -4.38. The summed E-state index contributed by atoms with van der Waals surface area (Å²) in [6.07, 6.45) is 0.0886. The number of carbonyl (C=O) groups is 2. The summed E-state index contributed by atoms with van der Waals surface area (Å²) in [5.74, 6) is 0.0829. The van der Waals surface area contributed by atoms with Crippen LogP contribution in [0.3, 0.4) is 0 Å². The molecule has 242 valence electrons. The van der Waals surface area contributed by atoms with E-state index in [-0.39, 0.29) is 18.4 Å². The van der Waals surface area contributed by atoms with Crippen molar-refractivity contribution in [1.29, 1.82) is 0 Å². The van der Waals surface area contributed by atoms with E-state index < -0.39 is 23.7 Å². The van der Waals surface area contributed by atoms with E-state index in [0.717, 1.165) is 61.5 Å². The summed E-state index contributed by atoms with van der Waals surface area (Å²) in [6, 6.07) is 15.4. The minimum atomic E-state index is -4.46. The van der Waals surface area contributed by atoms with Gasteiger partial charge in [-0.1, -0.05) is 38.8 Å². The lowest BCUT2D eigenvalue weighted by Crippen LogP contribution is -2.33. The maximum absolute atomic E-state index is 13.7. The molecule has 2 aliphatic heterocycles. The molecule has 0 bridgehead atoms. The quantitative estimate of drug-likeness (QED) is 0.183. The Bertz CT molecular complexity index is 1740. The Morgan fingerprint density at radius 2 is 1.87 bits per heavy atom. The number of imidazole rings is 1. The van der Waals surface area contributed by atoms with Crippen LogP contribution in [0.5, 0.6) is 0 Å². The highest BCUT2D eigenvalue weighted by molar-refractivity contribution is 6.03. The lowest BCUT2D eigenvalue weighted by Gasteiger charge is -2.26. The molecule has 2 atom stereocenters. The molecule has 0 saturated carbocycles. The van der Waals surface area contributed by atoms with Crippen molar-refractivity contribution >= 4 is 34.2 Å². The van der Waals surface area contributed by atoms with Crippen LogP contribution in [-0.2, 0) is 17.5 Å². The van der Waals surface area contributed by atoms with Gasteiger partial charge >= 0.3 is 6.18 Å². The predicted molar refractivity (Wildman–Crippen MR) is 174 cm³/mol. The molecule has 3 heterocycles. The summed E-state index contributed by atoms with van der Waals surface area (Å²) in [5.41, 5.74) is 3.58. The van der Waals surface area contributed by atoms with Crippen molar-refractivity contribution in [1.82, 2.24) is 19.8 Å². The van der Waals surface area contributed by atoms with Crippen LogP contribution < -0.4 is 16.0 Å². The summed E-state index contributed by atoms with van der Waals surface area (Å²) in [7, 11) is 0. The van der Waals surface area contributed by atoms with Gasteiger partial charge in [0, 0.05) is 36.4 Å². The molecule has 0 aliphatic carbocycles. The summed E-state index contributed by atoms with van der Waals surface area (Å²) >= 11 is 0. The third-order valence-corrected chi connectivity index (χ3v) is 9.11. The molecule has 46 heavy (non-hydrogen) atoms. The number of rotatable bonds is 9. The van der Waals surface area contributed by atoms with Gasteiger partial charge in [-0.05, 0) is 85.9 Å². The number of hydrogen-bond acceptors (Lipinski definition) is 5. The van der Waals surface area contributed by atoms with Gasteiger partial charge in [0.15, 0.2) is 0 Å². The molecule has 6 rings (SSSR count). The van der Waals surface area contributed by atoms with Crippen molar-refractivity contribution in [3.05, 3.63) is 77.4 Å². The Balaban J connectivity index is 1.29. The predicted octanol–water partition coefficient (Wildman–Crippen LogP) is 7.09. The number of aromatic nitrogens is 2. The molecule has 8 nitrogen and oxygen atoms in total. The second kappa shape index (κ2) is 13.2. The lowest BCUT2D eigenvalue weighted by molar-refractivity contribution is -0.137. The standard InChI is InChI=1S/C35H39F3N6O2/c1-3-22(2)31-34(46)42-28-12-11-26(39-14-17-43-15-5-4-6-16-43)20-27(28)32-41-29-19-24(10-13-30(29)44(31)32)33(45)40-21-23-8-7-9-25(18-23)35(36,37)38/h7-13,18-20,22,31,39H,3-6,14-17,21H2,1-2H3,(H,40,45)(H,42,46)/t22?,31-/m0/s1. The van der Waals surface area contributed by atoms with Crippen molar-refractivity contribution in [2.45, 2.75) is 58.3 Å². The highest BCUT2D eigenvalue weighted by Gasteiger charge is 2.34. The fraction of sp³-hybridized carbons (Fsp3) is 0.400. The average Bonchev–Trinajstić information content (AvgIpc) is 3.37. The monoisotopic (exact) mass is 632 g/mol. The maximum Gasteiger partial charge on any atom is 0.416 e. The SMILES string of the molecule is CCC(C)[C@H]1C(=O)Nc2ccc(NCCN3CCCCC3)cc2-c2nc3cc(C(=O)NCc4cccc(C(F)(F)F)c4)ccc3n21. The van der Waals surface area contributed by atoms with Crippen LogP contribution in [0.25, 0.3) is 22.4 Å². The number of benzene rings is 3. The average molecular weight is 633 g/mol. The minimum absolute atomic E-state index is 0.00281. The number of halogens is 3. The van der Waals surface area contributed by atoms with Gasteiger partial charge in [0.05, 0.1) is 22.3 Å². The van der Waals surface area contributed by atoms with E-state index in [9.17, 15) is 22.8 Å². The maximum atomic E-state index is 13.7. The van der Waals surface area contributed by atoms with Gasteiger partial charge in [-0.25, -0.2) is 4.98 Å². The number of nitrogens with zero attached hydrogens (tertiary/aromatic N) is 3. The number of anilines is 2. The van der Waals surface area contributed by atoms with Gasteiger partial charge in [-0.15, -0.1) is 0 Å². The Morgan fingerprint density at radius 1 is 1.07 bits per heavy atom. The molecule has 2 amide bonds.